The van der Waals surface area contributed by atoms with Crippen LogP contribution in [0.2, 0.25) is 0 Å². The van der Waals surface area contributed by atoms with Gasteiger partial charge in [0.1, 0.15) is 5.60 Å². The number of ketones is 1. The molecule has 0 unspecified atom stereocenters. The number of ether oxygens (including phenoxy) is 1. The highest BCUT2D eigenvalue weighted by Crippen LogP contribution is 2.23. The Labute approximate surface area is 99.1 Å². The smallest absolute Gasteiger partial charge is 0.189 e. The van der Waals surface area contributed by atoms with Crippen LogP contribution in [0.4, 0.5) is 0 Å². The first-order valence-corrected chi connectivity index (χ1v) is 6.45. The predicted molar refractivity (Wildman–Crippen MR) is 66.5 cm³/mol. The molecule has 16 heavy (non-hydrogen) atoms. The van der Waals surface area contributed by atoms with Crippen molar-refractivity contribution in [2.24, 2.45) is 0 Å². The molecular weight excluding hydrogens is 200 g/mol. The molecule has 0 spiro atoms. The van der Waals surface area contributed by atoms with Gasteiger partial charge in [-0.3, -0.25) is 4.79 Å². The molecule has 1 aliphatic rings. The van der Waals surface area contributed by atoms with E-state index < -0.39 is 5.60 Å². The minimum atomic E-state index is -0.653. The van der Waals surface area contributed by atoms with E-state index in [1.54, 1.807) is 0 Å². The van der Waals surface area contributed by atoms with Crippen molar-refractivity contribution < 1.29 is 9.53 Å². The lowest BCUT2D eigenvalue weighted by atomic mass is 9.90. The molecule has 2 nitrogen and oxygen atoms in total. The zero-order valence-corrected chi connectivity index (χ0v) is 10.8. The second-order valence-electron chi connectivity index (χ2n) is 4.95. The number of Topliss-reactive ketones (excluding diaryl/α,β-unsaturated/α-hetero) is 1. The molecule has 0 fully saturated rings. The first-order chi connectivity index (χ1) is 7.58. The van der Waals surface area contributed by atoms with E-state index in [4.69, 9.17) is 4.74 Å². The van der Waals surface area contributed by atoms with E-state index >= 15 is 0 Å². The van der Waals surface area contributed by atoms with Crippen LogP contribution in [0.1, 0.15) is 59.3 Å². The Kier molecular flexibility index (Phi) is 5.20. The monoisotopic (exact) mass is 224 g/mol. The van der Waals surface area contributed by atoms with E-state index in [-0.39, 0.29) is 5.78 Å². The minimum absolute atomic E-state index is 0.177. The largest absolute Gasteiger partial charge is 0.368 e. The lowest BCUT2D eigenvalue weighted by molar-refractivity contribution is -0.135. The second kappa shape index (κ2) is 6.19. The Morgan fingerprint density at radius 3 is 2.69 bits per heavy atom. The van der Waals surface area contributed by atoms with Crippen molar-refractivity contribution in [3.63, 3.8) is 0 Å². The van der Waals surface area contributed by atoms with Gasteiger partial charge in [-0.05, 0) is 52.0 Å². The van der Waals surface area contributed by atoms with Crippen molar-refractivity contribution in [1.29, 1.82) is 0 Å². The number of allylic oxidation sites excluding steroid dienone is 1. The molecule has 0 N–H and O–H groups in total. The third-order valence-corrected chi connectivity index (χ3v) is 3.13. The summed E-state index contributed by atoms with van der Waals surface area (Å²) in [6.07, 6.45) is 9.00. The standard InChI is InChI=1S/C14H24O2/c1-4-16-14(2,3)13(15)12-10-8-6-5-7-9-11-12/h10H,4-9,11H2,1-3H3. The van der Waals surface area contributed by atoms with Gasteiger partial charge in [-0.2, -0.15) is 0 Å². The first-order valence-electron chi connectivity index (χ1n) is 6.45. The van der Waals surface area contributed by atoms with Gasteiger partial charge in [0.15, 0.2) is 5.78 Å². The number of hydrogen-bond donors (Lipinski definition) is 0. The number of rotatable bonds is 4. The molecule has 1 aliphatic carbocycles. The third-order valence-electron chi connectivity index (χ3n) is 3.13. The normalized spacial score (nSPS) is 18.6. The minimum Gasteiger partial charge on any atom is -0.368 e. The first kappa shape index (κ1) is 13.4. The van der Waals surface area contributed by atoms with Crippen molar-refractivity contribution in [2.75, 3.05) is 6.61 Å². The summed E-state index contributed by atoms with van der Waals surface area (Å²) in [4.78, 5) is 12.3. The van der Waals surface area contributed by atoms with Gasteiger partial charge in [-0.15, -0.1) is 0 Å². The topological polar surface area (TPSA) is 26.3 Å². The number of hydrogen-bond acceptors (Lipinski definition) is 2. The van der Waals surface area contributed by atoms with Gasteiger partial charge in [0.2, 0.25) is 0 Å². The van der Waals surface area contributed by atoms with Crippen LogP contribution in [-0.2, 0) is 9.53 Å². The zero-order valence-electron chi connectivity index (χ0n) is 10.8. The SMILES string of the molecule is CCOC(C)(C)C(=O)C1=CCCCCCC1. The molecular formula is C14H24O2. The second-order valence-corrected chi connectivity index (χ2v) is 4.95. The highest BCUT2D eigenvalue weighted by atomic mass is 16.5. The molecule has 0 aromatic rings. The van der Waals surface area contributed by atoms with Gasteiger partial charge in [-0.25, -0.2) is 0 Å². The van der Waals surface area contributed by atoms with Gasteiger partial charge >= 0.3 is 0 Å². The van der Waals surface area contributed by atoms with Crippen molar-refractivity contribution in [1.82, 2.24) is 0 Å². The summed E-state index contributed by atoms with van der Waals surface area (Å²) in [5, 5.41) is 0. The van der Waals surface area contributed by atoms with Crippen LogP contribution in [0.3, 0.4) is 0 Å². The molecule has 2 heteroatoms. The maximum atomic E-state index is 12.3. The highest BCUT2D eigenvalue weighted by Gasteiger charge is 2.30. The fourth-order valence-electron chi connectivity index (χ4n) is 2.21. The van der Waals surface area contributed by atoms with Crippen LogP contribution in [0, 0.1) is 0 Å². The molecule has 0 radical (unpaired) electrons. The Morgan fingerprint density at radius 1 is 1.31 bits per heavy atom. The Hall–Kier alpha value is -0.630. The van der Waals surface area contributed by atoms with Crippen LogP contribution in [-0.4, -0.2) is 18.0 Å². The maximum absolute atomic E-state index is 12.3. The van der Waals surface area contributed by atoms with Crippen LogP contribution in [0.5, 0.6) is 0 Å². The molecule has 92 valence electrons. The molecule has 0 atom stereocenters. The third kappa shape index (κ3) is 3.75. The summed E-state index contributed by atoms with van der Waals surface area (Å²) in [5.74, 6) is 0.177. The summed E-state index contributed by atoms with van der Waals surface area (Å²) in [6, 6.07) is 0. The quantitative estimate of drug-likeness (QED) is 0.728. The molecule has 0 saturated carbocycles. The molecule has 0 aliphatic heterocycles. The average Bonchev–Trinajstić information content (AvgIpc) is 2.16. The van der Waals surface area contributed by atoms with Gasteiger partial charge in [0, 0.05) is 6.61 Å². The van der Waals surface area contributed by atoms with E-state index in [2.05, 4.69) is 6.08 Å². The molecule has 0 amide bonds. The van der Waals surface area contributed by atoms with Gasteiger partial charge in [0.25, 0.3) is 0 Å². The van der Waals surface area contributed by atoms with E-state index in [0.29, 0.717) is 6.61 Å². The van der Waals surface area contributed by atoms with Gasteiger partial charge < -0.3 is 4.74 Å². The Bertz CT molecular complexity index is 264. The fraction of sp³-hybridized carbons (Fsp3) is 0.786. The summed E-state index contributed by atoms with van der Waals surface area (Å²) < 4.78 is 5.53. The van der Waals surface area contributed by atoms with Gasteiger partial charge in [-0.1, -0.05) is 18.9 Å². The molecule has 0 saturated heterocycles. The van der Waals surface area contributed by atoms with Crippen LogP contribution >= 0.6 is 0 Å². The lowest BCUT2D eigenvalue weighted by Crippen LogP contribution is -2.36. The van der Waals surface area contributed by atoms with Crippen LogP contribution in [0.25, 0.3) is 0 Å². The molecule has 0 aromatic carbocycles. The van der Waals surface area contributed by atoms with Crippen molar-refractivity contribution in [3.8, 4) is 0 Å². The van der Waals surface area contributed by atoms with Crippen LogP contribution in [0.15, 0.2) is 11.6 Å². The summed E-state index contributed by atoms with van der Waals surface area (Å²) >= 11 is 0. The Morgan fingerprint density at radius 2 is 2.00 bits per heavy atom. The van der Waals surface area contributed by atoms with Crippen molar-refractivity contribution >= 4 is 5.78 Å². The molecule has 0 bridgehead atoms. The van der Waals surface area contributed by atoms with Crippen LogP contribution < -0.4 is 0 Å². The zero-order chi connectivity index (χ0) is 12.0. The van der Waals surface area contributed by atoms with Gasteiger partial charge in [0.05, 0.1) is 0 Å². The maximum Gasteiger partial charge on any atom is 0.189 e. The van der Waals surface area contributed by atoms with E-state index in [9.17, 15) is 4.79 Å². The van der Waals surface area contributed by atoms with E-state index in [1.165, 1.54) is 19.3 Å². The van der Waals surface area contributed by atoms with E-state index in [1.807, 2.05) is 20.8 Å². The average molecular weight is 224 g/mol. The number of carbonyl (C=O) groups is 1. The number of carbonyl (C=O) groups excluding carboxylic acids is 1. The summed E-state index contributed by atoms with van der Waals surface area (Å²) in [6.45, 7) is 6.27. The Balaban J connectivity index is 2.70. The predicted octanol–water partition coefficient (Wildman–Crippen LogP) is 3.65. The van der Waals surface area contributed by atoms with E-state index in [0.717, 1.165) is 24.8 Å². The molecule has 1 rings (SSSR count). The highest BCUT2D eigenvalue weighted by molar-refractivity contribution is 6.01. The van der Waals surface area contributed by atoms with Crippen molar-refractivity contribution in [3.05, 3.63) is 11.6 Å². The summed E-state index contributed by atoms with van der Waals surface area (Å²) in [7, 11) is 0. The molecule has 0 aromatic heterocycles. The fourth-order valence-corrected chi connectivity index (χ4v) is 2.21. The van der Waals surface area contributed by atoms with Crippen molar-refractivity contribution in [2.45, 2.75) is 64.9 Å². The molecule has 0 heterocycles. The summed E-state index contributed by atoms with van der Waals surface area (Å²) in [5.41, 5.74) is 0.331. The lowest BCUT2D eigenvalue weighted by Gasteiger charge is -2.25.